The van der Waals surface area contributed by atoms with Crippen LogP contribution in [0, 0.1) is 11.3 Å². The van der Waals surface area contributed by atoms with E-state index in [1.807, 2.05) is 0 Å². The molecule has 0 unspecified atom stereocenters. The van der Waals surface area contributed by atoms with Gasteiger partial charge in [-0.15, -0.1) is 0 Å². The second-order valence-corrected chi connectivity index (χ2v) is 7.17. The Hall–Kier alpha value is -2.58. The maximum absolute atomic E-state index is 8.98. The van der Waals surface area contributed by atoms with Crippen molar-refractivity contribution in [2.75, 3.05) is 5.32 Å². The monoisotopic (exact) mass is 365 g/mol. The summed E-state index contributed by atoms with van der Waals surface area (Å²) in [5, 5.41) is 13.8. The Bertz CT molecular complexity index is 964. The van der Waals surface area contributed by atoms with Gasteiger partial charge in [0.25, 0.3) is 0 Å². The molecule has 1 fully saturated rings. The molecule has 4 rings (SSSR count). The normalized spacial score (nSPS) is 15.5. The average molecular weight is 366 g/mol. The molecule has 0 radical (unpaired) electrons. The Morgan fingerprint density at radius 3 is 2.65 bits per heavy atom. The topological polar surface area (TPSA) is 66.5 Å². The van der Waals surface area contributed by atoms with Crippen molar-refractivity contribution in [1.82, 2.24) is 14.5 Å². The molecule has 5 nitrogen and oxygen atoms in total. The summed E-state index contributed by atoms with van der Waals surface area (Å²) in [6, 6.07) is 9.87. The van der Waals surface area contributed by atoms with E-state index >= 15 is 0 Å². The van der Waals surface area contributed by atoms with Crippen LogP contribution in [0.3, 0.4) is 0 Å². The van der Waals surface area contributed by atoms with Crippen LogP contribution in [0.4, 0.5) is 11.5 Å². The minimum atomic E-state index is 0.499. The Morgan fingerprint density at radius 1 is 1.12 bits per heavy atom. The fourth-order valence-electron chi connectivity index (χ4n) is 3.71. The largest absolute Gasteiger partial charge is 0.338 e. The van der Waals surface area contributed by atoms with Gasteiger partial charge in [0.15, 0.2) is 0 Å². The summed E-state index contributed by atoms with van der Waals surface area (Å²) in [5.74, 6) is 0.731. The number of nitriles is 1. The van der Waals surface area contributed by atoms with E-state index in [1.165, 1.54) is 38.5 Å². The van der Waals surface area contributed by atoms with Crippen molar-refractivity contribution in [1.29, 1.82) is 5.26 Å². The lowest BCUT2D eigenvalue weighted by molar-refractivity contribution is 0.454. The van der Waals surface area contributed by atoms with Gasteiger partial charge in [-0.2, -0.15) is 5.26 Å². The summed E-state index contributed by atoms with van der Waals surface area (Å²) in [6.45, 7) is 0. The first-order valence-electron chi connectivity index (χ1n) is 9.04. The first-order chi connectivity index (χ1) is 12.8. The van der Waals surface area contributed by atoms with Crippen molar-refractivity contribution < 1.29 is 0 Å². The van der Waals surface area contributed by atoms with Crippen molar-refractivity contribution in [3.05, 3.63) is 47.4 Å². The molecule has 1 N–H and O–H groups in total. The molecule has 6 heteroatoms. The maximum atomic E-state index is 8.98. The Kier molecular flexibility index (Phi) is 4.77. The third-order valence-electron chi connectivity index (χ3n) is 5.08. The van der Waals surface area contributed by atoms with Gasteiger partial charge < -0.3 is 9.88 Å². The Balaban J connectivity index is 1.68. The molecule has 3 aromatic rings. The van der Waals surface area contributed by atoms with E-state index in [1.54, 1.807) is 24.5 Å². The lowest BCUT2D eigenvalue weighted by Gasteiger charge is -2.17. The minimum absolute atomic E-state index is 0.499. The second kappa shape index (κ2) is 7.35. The molecule has 2 heterocycles. The fraction of sp³-hybridized carbons (Fsp3) is 0.350. The zero-order valence-electron chi connectivity index (χ0n) is 14.5. The Labute approximate surface area is 157 Å². The average Bonchev–Trinajstić information content (AvgIpc) is 2.91. The summed E-state index contributed by atoms with van der Waals surface area (Å²) in [5.41, 5.74) is 2.22. The summed E-state index contributed by atoms with van der Waals surface area (Å²) in [4.78, 5) is 8.94. The smallest absolute Gasteiger partial charge is 0.145 e. The van der Waals surface area contributed by atoms with Crippen LogP contribution < -0.4 is 5.32 Å². The van der Waals surface area contributed by atoms with Crippen LogP contribution in [0.25, 0.3) is 11.0 Å². The number of fused-ring (bicyclic) bond motifs is 1. The molecule has 0 atom stereocenters. The van der Waals surface area contributed by atoms with Gasteiger partial charge in [-0.25, -0.2) is 9.97 Å². The first-order valence-corrected chi connectivity index (χ1v) is 9.42. The summed E-state index contributed by atoms with van der Waals surface area (Å²) in [6.07, 6.45) is 11.3. The van der Waals surface area contributed by atoms with Crippen molar-refractivity contribution in [2.45, 2.75) is 44.6 Å². The van der Waals surface area contributed by atoms with Gasteiger partial charge in [0.2, 0.25) is 0 Å². The fourth-order valence-corrected chi connectivity index (χ4v) is 3.94. The van der Waals surface area contributed by atoms with Crippen molar-refractivity contribution in [2.24, 2.45) is 0 Å². The molecule has 0 spiro atoms. The van der Waals surface area contributed by atoms with Gasteiger partial charge >= 0.3 is 0 Å². The molecule has 0 amide bonds. The number of aromatic nitrogens is 3. The molecule has 1 aliphatic carbocycles. The third-order valence-corrected chi connectivity index (χ3v) is 5.39. The van der Waals surface area contributed by atoms with Crippen LogP contribution in [0.15, 0.2) is 36.8 Å². The van der Waals surface area contributed by atoms with Crippen LogP contribution >= 0.6 is 11.6 Å². The molecule has 26 heavy (non-hydrogen) atoms. The van der Waals surface area contributed by atoms with E-state index in [-0.39, 0.29) is 0 Å². The SMILES string of the molecule is N#Cc1ccc(Nc2ncnc3c2ccn3C2CCCCCC2)c(Cl)c1. The van der Waals surface area contributed by atoms with Crippen molar-refractivity contribution >= 4 is 34.1 Å². The number of nitrogens with one attached hydrogen (secondary N) is 1. The standard InChI is InChI=1S/C20H20ClN5/c21-17-11-14(12-22)7-8-18(17)25-19-16-9-10-26(20(16)24-13-23-19)15-5-3-1-2-4-6-15/h7-11,13,15H,1-6H2,(H,23,24,25). The molecule has 1 aromatic carbocycles. The molecule has 2 aromatic heterocycles. The van der Waals surface area contributed by atoms with E-state index in [4.69, 9.17) is 16.9 Å². The molecular formula is C20H20ClN5. The maximum Gasteiger partial charge on any atom is 0.145 e. The highest BCUT2D eigenvalue weighted by Gasteiger charge is 2.18. The number of hydrogen-bond donors (Lipinski definition) is 1. The summed E-state index contributed by atoms with van der Waals surface area (Å²) < 4.78 is 2.30. The summed E-state index contributed by atoms with van der Waals surface area (Å²) in [7, 11) is 0. The number of halogens is 1. The zero-order chi connectivity index (χ0) is 17.9. The minimum Gasteiger partial charge on any atom is -0.338 e. The predicted molar refractivity (Wildman–Crippen MR) is 104 cm³/mol. The highest BCUT2D eigenvalue weighted by atomic mass is 35.5. The van der Waals surface area contributed by atoms with E-state index in [0.29, 0.717) is 16.6 Å². The van der Waals surface area contributed by atoms with Crippen LogP contribution in [-0.2, 0) is 0 Å². The number of nitrogens with zero attached hydrogens (tertiary/aromatic N) is 4. The molecule has 1 aliphatic rings. The molecule has 132 valence electrons. The van der Waals surface area contributed by atoms with E-state index in [0.717, 1.165) is 22.5 Å². The van der Waals surface area contributed by atoms with Crippen LogP contribution in [-0.4, -0.2) is 14.5 Å². The Morgan fingerprint density at radius 2 is 1.92 bits per heavy atom. The van der Waals surface area contributed by atoms with Crippen molar-refractivity contribution in [3.8, 4) is 6.07 Å². The number of rotatable bonds is 3. The zero-order valence-corrected chi connectivity index (χ0v) is 15.2. The third kappa shape index (κ3) is 3.25. The highest BCUT2D eigenvalue weighted by molar-refractivity contribution is 6.33. The summed E-state index contributed by atoms with van der Waals surface area (Å²) >= 11 is 6.29. The van der Waals surface area contributed by atoms with E-state index < -0.39 is 0 Å². The number of benzene rings is 1. The predicted octanol–water partition coefficient (Wildman–Crippen LogP) is 5.60. The van der Waals surface area contributed by atoms with E-state index in [2.05, 4.69) is 38.2 Å². The molecule has 0 bridgehead atoms. The van der Waals surface area contributed by atoms with E-state index in [9.17, 15) is 0 Å². The molecule has 0 aliphatic heterocycles. The first kappa shape index (κ1) is 16.9. The van der Waals surface area contributed by atoms with Gasteiger partial charge in [0.1, 0.15) is 17.8 Å². The van der Waals surface area contributed by atoms with Crippen LogP contribution in [0.5, 0.6) is 0 Å². The van der Waals surface area contributed by atoms with Crippen molar-refractivity contribution in [3.63, 3.8) is 0 Å². The van der Waals surface area contributed by atoms with Gasteiger partial charge in [0.05, 0.1) is 27.7 Å². The van der Waals surface area contributed by atoms with Gasteiger partial charge in [-0.3, -0.25) is 0 Å². The quantitative estimate of drug-likeness (QED) is 0.614. The van der Waals surface area contributed by atoms with Crippen LogP contribution in [0.1, 0.15) is 50.1 Å². The van der Waals surface area contributed by atoms with Crippen LogP contribution in [0.2, 0.25) is 5.02 Å². The number of hydrogen-bond acceptors (Lipinski definition) is 4. The van der Waals surface area contributed by atoms with Gasteiger partial charge in [0, 0.05) is 12.2 Å². The van der Waals surface area contributed by atoms with Gasteiger partial charge in [-0.1, -0.05) is 37.3 Å². The lowest BCUT2D eigenvalue weighted by atomic mass is 10.1. The second-order valence-electron chi connectivity index (χ2n) is 6.76. The van der Waals surface area contributed by atoms with Gasteiger partial charge in [-0.05, 0) is 37.1 Å². The molecular weight excluding hydrogens is 346 g/mol. The number of anilines is 2. The highest BCUT2D eigenvalue weighted by Crippen LogP contribution is 2.33. The lowest BCUT2D eigenvalue weighted by Crippen LogP contribution is -2.08. The molecule has 0 saturated heterocycles. The molecule has 1 saturated carbocycles.